The van der Waals surface area contributed by atoms with Crippen molar-refractivity contribution in [1.29, 1.82) is 0 Å². The number of benzene rings is 3. The summed E-state index contributed by atoms with van der Waals surface area (Å²) in [5.74, 6) is 0. The fraction of sp³-hybridized carbons (Fsp3) is 0.125. The van der Waals surface area contributed by atoms with E-state index >= 15 is 0 Å². The summed E-state index contributed by atoms with van der Waals surface area (Å²) in [6.07, 6.45) is 15.4. The summed E-state index contributed by atoms with van der Waals surface area (Å²) in [4.78, 5) is 0. The summed E-state index contributed by atoms with van der Waals surface area (Å²) < 4.78 is 0. The molecule has 0 aliphatic heterocycles. The molecule has 1 heteroatoms. The number of allylic oxidation sites excluding steroid dienone is 8. The van der Waals surface area contributed by atoms with E-state index in [9.17, 15) is 0 Å². The Hall–Kier alpha value is -3.84. The van der Waals surface area contributed by atoms with Crippen LogP contribution in [-0.4, -0.2) is 6.54 Å². The molecule has 1 N–H and O–H groups in total. The van der Waals surface area contributed by atoms with E-state index in [0.29, 0.717) is 0 Å². The van der Waals surface area contributed by atoms with Gasteiger partial charge in [-0.25, -0.2) is 0 Å². The minimum Gasteiger partial charge on any atom is -0.381 e. The van der Waals surface area contributed by atoms with E-state index < -0.39 is 0 Å². The van der Waals surface area contributed by atoms with Crippen LogP contribution < -0.4 is 5.32 Å². The zero-order chi connectivity index (χ0) is 23.3. The van der Waals surface area contributed by atoms with Crippen molar-refractivity contribution in [2.75, 3.05) is 11.9 Å². The van der Waals surface area contributed by atoms with Gasteiger partial charge in [0.15, 0.2) is 0 Å². The first-order chi connectivity index (χ1) is 16.2. The van der Waals surface area contributed by atoms with E-state index in [4.69, 9.17) is 0 Å². The summed E-state index contributed by atoms with van der Waals surface area (Å²) in [7, 11) is 0. The molecule has 0 saturated heterocycles. The monoisotopic (exact) mass is 431 g/mol. The van der Waals surface area contributed by atoms with Gasteiger partial charge in [0.2, 0.25) is 0 Å². The molecule has 0 radical (unpaired) electrons. The molecule has 0 spiro atoms. The molecule has 3 aromatic rings. The molecule has 3 aromatic carbocycles. The fourth-order valence-electron chi connectivity index (χ4n) is 3.53. The number of para-hydroxylation sites is 1. The molecule has 0 heterocycles. The molecule has 0 aromatic heterocycles. The molecule has 0 bridgehead atoms. The maximum absolute atomic E-state index is 3.71. The van der Waals surface area contributed by atoms with Gasteiger partial charge in [0.1, 0.15) is 0 Å². The summed E-state index contributed by atoms with van der Waals surface area (Å²) in [6.45, 7) is 8.77. The van der Waals surface area contributed by atoms with Crippen molar-refractivity contribution in [1.82, 2.24) is 0 Å². The van der Waals surface area contributed by atoms with Crippen LogP contribution in [0.5, 0.6) is 0 Å². The summed E-state index contributed by atoms with van der Waals surface area (Å²) in [5, 5.41) is 3.55. The SMILES string of the molecule is C=C/C=C\C=C(/C)c1ccc(-c2cccc(/C(=C/C=C\CC)CNc3ccccc3)c2)cc1. The van der Waals surface area contributed by atoms with Gasteiger partial charge in [0, 0.05) is 12.2 Å². The molecular weight excluding hydrogens is 398 g/mol. The lowest BCUT2D eigenvalue weighted by atomic mass is 9.97. The predicted molar refractivity (Wildman–Crippen MR) is 147 cm³/mol. The van der Waals surface area contributed by atoms with Crippen LogP contribution >= 0.6 is 0 Å². The highest BCUT2D eigenvalue weighted by Crippen LogP contribution is 2.26. The lowest BCUT2D eigenvalue weighted by Crippen LogP contribution is -2.04. The van der Waals surface area contributed by atoms with E-state index in [2.05, 4.69) is 123 Å². The average Bonchev–Trinajstić information content (AvgIpc) is 2.87. The molecule has 0 aliphatic rings. The van der Waals surface area contributed by atoms with Gasteiger partial charge >= 0.3 is 0 Å². The van der Waals surface area contributed by atoms with Crippen molar-refractivity contribution >= 4 is 16.8 Å². The summed E-state index contributed by atoms with van der Waals surface area (Å²) in [5.41, 5.74) is 8.50. The van der Waals surface area contributed by atoms with Gasteiger partial charge in [0.05, 0.1) is 0 Å². The van der Waals surface area contributed by atoms with E-state index in [0.717, 1.165) is 18.7 Å². The van der Waals surface area contributed by atoms with Gasteiger partial charge in [-0.1, -0.05) is 117 Å². The summed E-state index contributed by atoms with van der Waals surface area (Å²) >= 11 is 0. The van der Waals surface area contributed by atoms with Gasteiger partial charge in [-0.2, -0.15) is 0 Å². The van der Waals surface area contributed by atoms with Crippen molar-refractivity contribution in [3.05, 3.63) is 139 Å². The molecular formula is C32H33N. The molecule has 3 rings (SSSR count). The van der Waals surface area contributed by atoms with Gasteiger partial charge in [-0.15, -0.1) is 0 Å². The van der Waals surface area contributed by atoms with Crippen LogP contribution in [0, 0.1) is 0 Å². The molecule has 0 atom stereocenters. The van der Waals surface area contributed by atoms with Gasteiger partial charge in [-0.3, -0.25) is 0 Å². The first-order valence-corrected chi connectivity index (χ1v) is 11.5. The van der Waals surface area contributed by atoms with E-state index in [-0.39, 0.29) is 0 Å². The van der Waals surface area contributed by atoms with Crippen LogP contribution in [0.1, 0.15) is 31.4 Å². The number of nitrogens with one attached hydrogen (secondary N) is 1. The number of hydrogen-bond donors (Lipinski definition) is 1. The smallest absolute Gasteiger partial charge is 0.0406 e. The topological polar surface area (TPSA) is 12.0 Å². The lowest BCUT2D eigenvalue weighted by molar-refractivity contribution is 1.22. The highest BCUT2D eigenvalue weighted by atomic mass is 14.9. The highest BCUT2D eigenvalue weighted by molar-refractivity contribution is 5.76. The van der Waals surface area contributed by atoms with Crippen molar-refractivity contribution in [2.45, 2.75) is 20.3 Å². The molecule has 0 saturated carbocycles. The highest BCUT2D eigenvalue weighted by Gasteiger charge is 2.05. The molecule has 1 nitrogen and oxygen atoms in total. The van der Waals surface area contributed by atoms with Gasteiger partial charge in [-0.05, 0) is 64.9 Å². The largest absolute Gasteiger partial charge is 0.381 e. The molecule has 0 unspecified atom stereocenters. The Kier molecular flexibility index (Phi) is 9.29. The van der Waals surface area contributed by atoms with Crippen LogP contribution in [0.15, 0.2) is 128 Å². The zero-order valence-corrected chi connectivity index (χ0v) is 19.7. The average molecular weight is 432 g/mol. The third-order valence-corrected chi connectivity index (χ3v) is 5.43. The predicted octanol–water partition coefficient (Wildman–Crippen LogP) is 8.96. The van der Waals surface area contributed by atoms with E-state index in [1.165, 1.54) is 33.4 Å². The van der Waals surface area contributed by atoms with Crippen LogP contribution in [0.3, 0.4) is 0 Å². The number of hydrogen-bond acceptors (Lipinski definition) is 1. The Balaban J connectivity index is 1.83. The molecule has 0 amide bonds. The van der Waals surface area contributed by atoms with Crippen LogP contribution in [0.25, 0.3) is 22.3 Å². The first-order valence-electron chi connectivity index (χ1n) is 11.5. The second-order valence-corrected chi connectivity index (χ2v) is 7.88. The van der Waals surface area contributed by atoms with Crippen molar-refractivity contribution < 1.29 is 0 Å². The van der Waals surface area contributed by atoms with Crippen LogP contribution in [0.4, 0.5) is 5.69 Å². The number of rotatable bonds is 10. The third kappa shape index (κ3) is 7.36. The van der Waals surface area contributed by atoms with Crippen molar-refractivity contribution in [2.24, 2.45) is 0 Å². The quantitative estimate of drug-likeness (QED) is 0.316. The summed E-state index contributed by atoms with van der Waals surface area (Å²) in [6, 6.07) is 27.9. The first kappa shape index (κ1) is 23.8. The fourth-order valence-corrected chi connectivity index (χ4v) is 3.53. The Morgan fingerprint density at radius 2 is 1.58 bits per heavy atom. The van der Waals surface area contributed by atoms with Crippen LogP contribution in [0.2, 0.25) is 0 Å². The third-order valence-electron chi connectivity index (χ3n) is 5.43. The lowest BCUT2D eigenvalue weighted by Gasteiger charge is -2.12. The molecule has 0 aliphatic carbocycles. The Morgan fingerprint density at radius 3 is 2.30 bits per heavy atom. The number of anilines is 1. The standard InChI is InChI=1S/C32H33N/c1-4-6-9-14-26(3)27-20-22-28(23-21-27)29-16-13-17-30(24-29)31(15-10-7-5-2)25-33-32-18-11-8-12-19-32/h4,6-24,33H,1,5,25H2,2-3H3/b9-6-,10-7-,26-14+,31-15+. The Labute approximate surface area is 199 Å². The van der Waals surface area contributed by atoms with Crippen molar-refractivity contribution in [3.63, 3.8) is 0 Å². The van der Waals surface area contributed by atoms with Crippen LogP contribution in [-0.2, 0) is 0 Å². The van der Waals surface area contributed by atoms with Crippen molar-refractivity contribution in [3.8, 4) is 11.1 Å². The van der Waals surface area contributed by atoms with E-state index in [1.807, 2.05) is 18.2 Å². The molecule has 33 heavy (non-hydrogen) atoms. The second-order valence-electron chi connectivity index (χ2n) is 7.88. The molecule has 0 fully saturated rings. The van der Waals surface area contributed by atoms with Gasteiger partial charge in [0.25, 0.3) is 0 Å². The van der Waals surface area contributed by atoms with E-state index in [1.54, 1.807) is 6.08 Å². The zero-order valence-electron chi connectivity index (χ0n) is 19.7. The second kappa shape index (κ2) is 12.9. The maximum Gasteiger partial charge on any atom is 0.0406 e. The Bertz CT molecular complexity index is 1140. The molecule has 166 valence electrons. The minimum atomic E-state index is 0.767. The normalized spacial score (nSPS) is 12.4. The Morgan fingerprint density at radius 1 is 0.788 bits per heavy atom. The maximum atomic E-state index is 3.71. The minimum absolute atomic E-state index is 0.767. The van der Waals surface area contributed by atoms with Gasteiger partial charge < -0.3 is 5.32 Å².